The first-order chi connectivity index (χ1) is 11.1. The lowest BCUT2D eigenvalue weighted by molar-refractivity contribution is 0.102. The fraction of sp³-hybridized carbons (Fsp3) is 0.0625. The van der Waals surface area contributed by atoms with Crippen molar-refractivity contribution >= 4 is 39.3 Å². The summed E-state index contributed by atoms with van der Waals surface area (Å²) in [6.45, 7) is 1.89. The van der Waals surface area contributed by atoms with E-state index in [1.807, 2.05) is 31.2 Å². The predicted octanol–water partition coefficient (Wildman–Crippen LogP) is 3.42. The highest BCUT2D eigenvalue weighted by atomic mass is 32.1. The Labute approximate surface area is 137 Å². The molecule has 0 saturated carbocycles. The predicted molar refractivity (Wildman–Crippen MR) is 93.2 cm³/mol. The fourth-order valence-electron chi connectivity index (χ4n) is 2.10. The van der Waals surface area contributed by atoms with E-state index in [0.29, 0.717) is 22.1 Å². The molecule has 0 aliphatic carbocycles. The third-order valence-electron chi connectivity index (χ3n) is 3.25. The minimum atomic E-state index is -0.307. The first-order valence-corrected chi connectivity index (χ1v) is 7.80. The van der Waals surface area contributed by atoms with Gasteiger partial charge in [-0.3, -0.25) is 9.78 Å². The first kappa shape index (κ1) is 15.0. The molecule has 0 bridgehead atoms. The molecule has 2 aromatic heterocycles. The number of hydrogen-bond donors (Lipinski definition) is 3. The van der Waals surface area contributed by atoms with Crippen LogP contribution in [-0.2, 0) is 0 Å². The molecule has 3 aromatic rings. The van der Waals surface area contributed by atoms with E-state index in [1.165, 1.54) is 11.3 Å². The Kier molecular flexibility index (Phi) is 4.20. The van der Waals surface area contributed by atoms with Gasteiger partial charge in [0, 0.05) is 6.20 Å². The average Bonchev–Trinajstić information content (AvgIpc) is 3.00. The van der Waals surface area contributed by atoms with Crippen LogP contribution in [0.2, 0.25) is 0 Å². The molecule has 0 unspecified atom stereocenters. The topological polar surface area (TPSA) is 92.9 Å². The largest absolute Gasteiger partial charge is 0.397 e. The van der Waals surface area contributed by atoms with Gasteiger partial charge in [0.25, 0.3) is 5.91 Å². The normalized spacial score (nSPS) is 10.3. The molecule has 0 spiro atoms. The molecule has 0 fully saturated rings. The van der Waals surface area contributed by atoms with Gasteiger partial charge in [-0.25, -0.2) is 4.98 Å². The Morgan fingerprint density at radius 3 is 2.87 bits per heavy atom. The van der Waals surface area contributed by atoms with Crippen LogP contribution in [0.15, 0.2) is 48.2 Å². The number of thiazole rings is 1. The Hall–Kier alpha value is -2.93. The molecule has 0 aliphatic rings. The molecule has 2 heterocycles. The van der Waals surface area contributed by atoms with Gasteiger partial charge in [-0.05, 0) is 30.7 Å². The van der Waals surface area contributed by atoms with Gasteiger partial charge in [0.15, 0.2) is 5.69 Å². The Bertz CT molecular complexity index is 811. The average molecular weight is 325 g/mol. The molecule has 0 atom stereocenters. The van der Waals surface area contributed by atoms with Gasteiger partial charge in [-0.2, -0.15) is 0 Å². The van der Waals surface area contributed by atoms with Gasteiger partial charge in [0.05, 0.1) is 28.8 Å². The van der Waals surface area contributed by atoms with Crippen LogP contribution in [0, 0.1) is 6.92 Å². The third-order valence-corrected chi connectivity index (χ3v) is 3.99. The van der Waals surface area contributed by atoms with Gasteiger partial charge < -0.3 is 16.4 Å². The van der Waals surface area contributed by atoms with E-state index < -0.39 is 0 Å². The van der Waals surface area contributed by atoms with Crippen LogP contribution in [-0.4, -0.2) is 15.9 Å². The molecule has 6 nitrogen and oxygen atoms in total. The monoisotopic (exact) mass is 325 g/mol. The molecule has 23 heavy (non-hydrogen) atoms. The highest BCUT2D eigenvalue weighted by Crippen LogP contribution is 2.27. The van der Waals surface area contributed by atoms with E-state index in [0.717, 1.165) is 11.3 Å². The number of aromatic nitrogens is 2. The standard InChI is InChI=1S/C16H15N5OS/c1-10-4-2-6-12(17)13(10)21-15(22)14-16(23-9-19-14)20-11-5-3-7-18-8-11/h2-9,20H,17H2,1H3,(H,21,22). The zero-order valence-corrected chi connectivity index (χ0v) is 13.2. The minimum absolute atomic E-state index is 0.307. The molecule has 4 N–H and O–H groups in total. The van der Waals surface area contributed by atoms with Gasteiger partial charge in [0.1, 0.15) is 5.00 Å². The summed E-state index contributed by atoms with van der Waals surface area (Å²) in [4.78, 5) is 20.7. The maximum absolute atomic E-state index is 12.5. The lowest BCUT2D eigenvalue weighted by Crippen LogP contribution is -2.15. The number of para-hydroxylation sites is 1. The number of carbonyl (C=O) groups is 1. The number of nitrogen functional groups attached to an aromatic ring is 1. The third kappa shape index (κ3) is 3.29. The van der Waals surface area contributed by atoms with Gasteiger partial charge in [0.2, 0.25) is 0 Å². The fourth-order valence-corrected chi connectivity index (χ4v) is 2.80. The number of anilines is 4. The molecule has 1 amide bonds. The summed E-state index contributed by atoms with van der Waals surface area (Å²) >= 11 is 1.35. The van der Waals surface area contributed by atoms with Crippen molar-refractivity contribution in [2.24, 2.45) is 0 Å². The molecule has 0 saturated heterocycles. The highest BCUT2D eigenvalue weighted by molar-refractivity contribution is 7.14. The number of nitrogens with one attached hydrogen (secondary N) is 2. The van der Waals surface area contributed by atoms with Crippen LogP contribution < -0.4 is 16.4 Å². The van der Waals surface area contributed by atoms with Crippen LogP contribution in [0.5, 0.6) is 0 Å². The van der Waals surface area contributed by atoms with Crippen molar-refractivity contribution in [3.63, 3.8) is 0 Å². The van der Waals surface area contributed by atoms with E-state index in [1.54, 1.807) is 24.0 Å². The molecule has 116 valence electrons. The second kappa shape index (κ2) is 6.45. The van der Waals surface area contributed by atoms with Crippen LogP contribution in [0.4, 0.5) is 22.1 Å². The Balaban J connectivity index is 1.83. The number of carbonyl (C=O) groups excluding carboxylic acids is 1. The summed E-state index contributed by atoms with van der Waals surface area (Å²) in [6, 6.07) is 9.17. The summed E-state index contributed by atoms with van der Waals surface area (Å²) in [5, 5.41) is 6.64. The van der Waals surface area contributed by atoms with E-state index >= 15 is 0 Å². The molecular weight excluding hydrogens is 310 g/mol. The van der Waals surface area contributed by atoms with Crippen molar-refractivity contribution in [2.45, 2.75) is 6.92 Å². The number of aryl methyl sites for hydroxylation is 1. The summed E-state index contributed by atoms with van der Waals surface area (Å²) in [6.07, 6.45) is 3.37. The smallest absolute Gasteiger partial charge is 0.277 e. The van der Waals surface area contributed by atoms with Crippen LogP contribution in [0.25, 0.3) is 0 Å². The van der Waals surface area contributed by atoms with E-state index in [2.05, 4.69) is 20.6 Å². The number of hydrogen-bond acceptors (Lipinski definition) is 6. The maximum Gasteiger partial charge on any atom is 0.277 e. The van der Waals surface area contributed by atoms with Crippen molar-refractivity contribution in [3.05, 3.63) is 59.5 Å². The van der Waals surface area contributed by atoms with Crippen LogP contribution in [0.1, 0.15) is 16.1 Å². The minimum Gasteiger partial charge on any atom is -0.397 e. The van der Waals surface area contributed by atoms with Gasteiger partial charge in [-0.15, -0.1) is 11.3 Å². The molecule has 3 rings (SSSR count). The van der Waals surface area contributed by atoms with Crippen molar-refractivity contribution in [3.8, 4) is 0 Å². The quantitative estimate of drug-likeness (QED) is 0.639. The lowest BCUT2D eigenvalue weighted by atomic mass is 10.1. The van der Waals surface area contributed by atoms with Gasteiger partial charge >= 0.3 is 0 Å². The van der Waals surface area contributed by atoms with Crippen LogP contribution in [0.3, 0.4) is 0 Å². The van der Waals surface area contributed by atoms with Crippen molar-refractivity contribution in [1.82, 2.24) is 9.97 Å². The van der Waals surface area contributed by atoms with E-state index in [-0.39, 0.29) is 5.91 Å². The number of amides is 1. The van der Waals surface area contributed by atoms with Crippen molar-refractivity contribution in [2.75, 3.05) is 16.4 Å². The van der Waals surface area contributed by atoms with Crippen LogP contribution >= 0.6 is 11.3 Å². The summed E-state index contributed by atoms with van der Waals surface area (Å²) < 4.78 is 0. The summed E-state index contributed by atoms with van der Waals surface area (Å²) in [7, 11) is 0. The maximum atomic E-state index is 12.5. The summed E-state index contributed by atoms with van der Waals surface area (Å²) in [5.41, 5.74) is 10.7. The van der Waals surface area contributed by atoms with E-state index in [4.69, 9.17) is 5.73 Å². The first-order valence-electron chi connectivity index (χ1n) is 6.92. The Morgan fingerprint density at radius 2 is 2.13 bits per heavy atom. The van der Waals surface area contributed by atoms with Gasteiger partial charge in [-0.1, -0.05) is 12.1 Å². The Morgan fingerprint density at radius 1 is 1.26 bits per heavy atom. The molecular formula is C16H15N5OS. The number of rotatable bonds is 4. The van der Waals surface area contributed by atoms with Crippen molar-refractivity contribution in [1.29, 1.82) is 0 Å². The number of benzene rings is 1. The second-order valence-electron chi connectivity index (χ2n) is 4.89. The molecule has 7 heteroatoms. The number of nitrogens with two attached hydrogens (primary N) is 1. The van der Waals surface area contributed by atoms with Crippen molar-refractivity contribution < 1.29 is 4.79 Å². The molecule has 0 radical (unpaired) electrons. The second-order valence-corrected chi connectivity index (χ2v) is 5.74. The molecule has 0 aliphatic heterocycles. The number of pyridine rings is 1. The highest BCUT2D eigenvalue weighted by Gasteiger charge is 2.17. The van der Waals surface area contributed by atoms with E-state index in [9.17, 15) is 4.79 Å². The summed E-state index contributed by atoms with van der Waals surface area (Å²) in [5.74, 6) is -0.307. The zero-order chi connectivity index (χ0) is 16.2. The lowest BCUT2D eigenvalue weighted by Gasteiger charge is -2.11. The number of nitrogens with zero attached hydrogens (tertiary/aromatic N) is 2. The SMILES string of the molecule is Cc1cccc(N)c1NC(=O)c1ncsc1Nc1cccnc1. The zero-order valence-electron chi connectivity index (χ0n) is 12.4. The molecule has 1 aromatic carbocycles.